The second kappa shape index (κ2) is 4.24. The van der Waals surface area contributed by atoms with Gasteiger partial charge in [0.1, 0.15) is 0 Å². The minimum Gasteiger partial charge on any atom is -0.436 e. The summed E-state index contributed by atoms with van der Waals surface area (Å²) < 4.78 is 10.3. The first-order valence-corrected chi connectivity index (χ1v) is 4.69. The van der Waals surface area contributed by atoms with Crippen LogP contribution in [0.5, 0.6) is 0 Å². The molecule has 3 nitrogen and oxygen atoms in total. The summed E-state index contributed by atoms with van der Waals surface area (Å²) in [4.78, 5) is 10.8. The van der Waals surface area contributed by atoms with Crippen molar-refractivity contribution in [1.82, 2.24) is 0 Å². The Morgan fingerprint density at radius 3 is 2.79 bits per heavy atom. The van der Waals surface area contributed by atoms with Crippen LogP contribution < -0.4 is 0 Å². The van der Waals surface area contributed by atoms with Gasteiger partial charge >= 0.3 is 5.97 Å². The minimum atomic E-state index is -0.345. The molecule has 74 valence electrons. The lowest BCUT2D eigenvalue weighted by molar-refractivity contribution is -0.164. The summed E-state index contributed by atoms with van der Waals surface area (Å²) in [6.07, 6.45) is 0.799. The molecule has 1 fully saturated rings. The Kier molecular flexibility index (Phi) is 2.79. The lowest BCUT2D eigenvalue weighted by Crippen LogP contribution is -2.11. The molecule has 0 radical (unpaired) electrons. The maximum Gasteiger partial charge on any atom is 0.308 e. The molecule has 1 saturated heterocycles. The van der Waals surface area contributed by atoms with E-state index in [-0.39, 0.29) is 12.3 Å². The Bertz CT molecular complexity index is 308. The number of carbonyl (C=O) groups is 1. The number of esters is 1. The van der Waals surface area contributed by atoms with E-state index >= 15 is 0 Å². The Balaban J connectivity index is 1.80. The molecular formula is C11H12O3. The summed E-state index contributed by atoms with van der Waals surface area (Å²) >= 11 is 0. The molecular weight excluding hydrogens is 180 g/mol. The van der Waals surface area contributed by atoms with E-state index in [1.807, 2.05) is 30.3 Å². The molecule has 1 aromatic carbocycles. The first-order valence-electron chi connectivity index (χ1n) is 4.69. The smallest absolute Gasteiger partial charge is 0.308 e. The van der Waals surface area contributed by atoms with Crippen LogP contribution in [0.2, 0.25) is 0 Å². The molecule has 3 heteroatoms. The average molecular weight is 192 g/mol. The number of carbonyl (C=O) groups excluding carboxylic acids is 1. The summed E-state index contributed by atoms with van der Waals surface area (Å²) in [5.41, 5.74) is 1.09. The fraction of sp³-hybridized carbons (Fsp3) is 0.364. The van der Waals surface area contributed by atoms with Gasteiger partial charge in [0.05, 0.1) is 13.0 Å². The lowest BCUT2D eigenvalue weighted by Gasteiger charge is -2.10. The Morgan fingerprint density at radius 2 is 2.14 bits per heavy atom. The van der Waals surface area contributed by atoms with Gasteiger partial charge in [-0.05, 0) is 5.56 Å². The second-order valence-electron chi connectivity index (χ2n) is 3.25. The van der Waals surface area contributed by atoms with Crippen LogP contribution in [0, 0.1) is 0 Å². The first kappa shape index (κ1) is 9.21. The fourth-order valence-corrected chi connectivity index (χ4v) is 1.38. The van der Waals surface area contributed by atoms with Gasteiger partial charge in [-0.2, -0.15) is 0 Å². The van der Waals surface area contributed by atoms with Gasteiger partial charge < -0.3 is 9.47 Å². The highest BCUT2D eigenvalue weighted by Crippen LogP contribution is 2.16. The molecule has 0 spiro atoms. The van der Waals surface area contributed by atoms with Crippen LogP contribution in [0.3, 0.4) is 0 Å². The van der Waals surface area contributed by atoms with Crippen LogP contribution >= 0.6 is 0 Å². The highest BCUT2D eigenvalue weighted by Gasteiger charge is 2.23. The van der Waals surface area contributed by atoms with Crippen LogP contribution in [0.25, 0.3) is 0 Å². The van der Waals surface area contributed by atoms with Crippen molar-refractivity contribution in [3.05, 3.63) is 35.9 Å². The summed E-state index contributed by atoms with van der Waals surface area (Å²) in [5.74, 6) is -0.164. The highest BCUT2D eigenvalue weighted by molar-refractivity contribution is 5.71. The van der Waals surface area contributed by atoms with Crippen molar-refractivity contribution in [2.75, 3.05) is 0 Å². The second-order valence-corrected chi connectivity index (χ2v) is 3.25. The van der Waals surface area contributed by atoms with Crippen LogP contribution in [-0.4, -0.2) is 12.3 Å². The summed E-state index contributed by atoms with van der Waals surface area (Å²) in [6.45, 7) is 0.499. The molecule has 1 heterocycles. The van der Waals surface area contributed by atoms with Gasteiger partial charge in [0.2, 0.25) is 6.29 Å². The van der Waals surface area contributed by atoms with Crippen molar-refractivity contribution in [3.8, 4) is 0 Å². The van der Waals surface area contributed by atoms with Crippen molar-refractivity contribution in [1.29, 1.82) is 0 Å². The Labute approximate surface area is 82.6 Å². The number of hydrogen-bond donors (Lipinski definition) is 0. The number of benzene rings is 1. The van der Waals surface area contributed by atoms with Crippen molar-refractivity contribution in [2.45, 2.75) is 25.7 Å². The third-order valence-electron chi connectivity index (χ3n) is 2.13. The van der Waals surface area contributed by atoms with Gasteiger partial charge in [-0.15, -0.1) is 0 Å². The molecule has 1 atom stereocenters. The van der Waals surface area contributed by atoms with Crippen LogP contribution in [0.15, 0.2) is 30.3 Å². The third-order valence-corrected chi connectivity index (χ3v) is 2.13. The SMILES string of the molecule is O=C1CCC(OCc2ccccc2)O1. The van der Waals surface area contributed by atoms with Crippen LogP contribution in [0.4, 0.5) is 0 Å². The van der Waals surface area contributed by atoms with E-state index in [1.54, 1.807) is 0 Å². The minimum absolute atomic E-state index is 0.164. The maximum atomic E-state index is 10.8. The van der Waals surface area contributed by atoms with Crippen LogP contribution in [0.1, 0.15) is 18.4 Å². The molecule has 14 heavy (non-hydrogen) atoms. The van der Waals surface area contributed by atoms with Gasteiger partial charge in [0, 0.05) is 6.42 Å². The molecule has 0 saturated carbocycles. The molecule has 1 aromatic rings. The Morgan fingerprint density at radius 1 is 1.36 bits per heavy atom. The zero-order chi connectivity index (χ0) is 9.80. The zero-order valence-electron chi connectivity index (χ0n) is 7.81. The average Bonchev–Trinajstić information content (AvgIpc) is 2.63. The van der Waals surface area contributed by atoms with Gasteiger partial charge in [-0.1, -0.05) is 30.3 Å². The Hall–Kier alpha value is -1.35. The predicted octanol–water partition coefficient (Wildman–Crippen LogP) is 1.87. The van der Waals surface area contributed by atoms with Crippen molar-refractivity contribution < 1.29 is 14.3 Å². The molecule has 2 rings (SSSR count). The zero-order valence-corrected chi connectivity index (χ0v) is 7.81. The molecule has 0 aliphatic carbocycles. The van der Waals surface area contributed by atoms with E-state index in [2.05, 4.69) is 0 Å². The molecule has 1 aliphatic heterocycles. The number of ether oxygens (including phenoxy) is 2. The lowest BCUT2D eigenvalue weighted by atomic mass is 10.2. The number of cyclic esters (lactones) is 1. The van der Waals surface area contributed by atoms with Gasteiger partial charge in [0.15, 0.2) is 0 Å². The van der Waals surface area contributed by atoms with E-state index in [1.165, 1.54) is 0 Å². The molecule has 1 unspecified atom stereocenters. The van der Waals surface area contributed by atoms with Crippen molar-refractivity contribution >= 4 is 5.97 Å². The maximum absolute atomic E-state index is 10.8. The number of hydrogen-bond acceptors (Lipinski definition) is 3. The number of rotatable bonds is 3. The summed E-state index contributed by atoms with van der Waals surface area (Å²) in [7, 11) is 0. The van der Waals surface area contributed by atoms with Gasteiger partial charge in [0.25, 0.3) is 0 Å². The van der Waals surface area contributed by atoms with Gasteiger partial charge in [-0.25, -0.2) is 0 Å². The van der Waals surface area contributed by atoms with Crippen molar-refractivity contribution in [3.63, 3.8) is 0 Å². The first-order chi connectivity index (χ1) is 6.84. The fourth-order valence-electron chi connectivity index (χ4n) is 1.38. The largest absolute Gasteiger partial charge is 0.436 e. The quantitative estimate of drug-likeness (QED) is 0.686. The van der Waals surface area contributed by atoms with E-state index in [0.717, 1.165) is 5.56 Å². The molecule has 0 amide bonds. The molecule has 0 bridgehead atoms. The van der Waals surface area contributed by atoms with E-state index in [9.17, 15) is 4.79 Å². The topological polar surface area (TPSA) is 35.5 Å². The van der Waals surface area contributed by atoms with E-state index in [0.29, 0.717) is 19.4 Å². The molecule has 1 aliphatic rings. The normalized spacial score (nSPS) is 20.9. The standard InChI is InChI=1S/C11H12O3/c12-10-6-7-11(14-10)13-8-9-4-2-1-3-5-9/h1-5,11H,6-8H2. The monoisotopic (exact) mass is 192 g/mol. The van der Waals surface area contributed by atoms with Crippen LogP contribution in [-0.2, 0) is 20.9 Å². The van der Waals surface area contributed by atoms with Gasteiger partial charge in [-0.3, -0.25) is 4.79 Å². The predicted molar refractivity (Wildman–Crippen MR) is 50.3 cm³/mol. The molecule has 0 aromatic heterocycles. The third kappa shape index (κ3) is 2.33. The van der Waals surface area contributed by atoms with E-state index in [4.69, 9.17) is 9.47 Å². The van der Waals surface area contributed by atoms with E-state index < -0.39 is 0 Å². The van der Waals surface area contributed by atoms with Crippen molar-refractivity contribution in [2.24, 2.45) is 0 Å². The summed E-state index contributed by atoms with van der Waals surface area (Å²) in [6, 6.07) is 9.84. The highest BCUT2D eigenvalue weighted by atomic mass is 16.7. The molecule has 0 N–H and O–H groups in total. The summed E-state index contributed by atoms with van der Waals surface area (Å²) in [5, 5.41) is 0.